The SMILES string of the molecule is O=C(NC(C(=O)O)c1ccccc1F)C(CS)Cc1ccccc1. The summed E-state index contributed by atoms with van der Waals surface area (Å²) in [5.41, 5.74) is 0.875. The Bertz CT molecular complexity index is 708. The second-order valence-corrected chi connectivity index (χ2v) is 5.74. The van der Waals surface area contributed by atoms with Gasteiger partial charge in [0.25, 0.3) is 0 Å². The smallest absolute Gasteiger partial charge is 0.331 e. The molecule has 4 nitrogen and oxygen atoms in total. The number of hydrogen-bond acceptors (Lipinski definition) is 3. The fourth-order valence-electron chi connectivity index (χ4n) is 2.38. The predicted octanol–water partition coefficient (Wildman–Crippen LogP) is 2.86. The number of carboxylic acids is 1. The highest BCUT2D eigenvalue weighted by atomic mass is 32.1. The number of carboxylic acid groups (broad SMARTS) is 1. The molecule has 2 aromatic carbocycles. The van der Waals surface area contributed by atoms with Gasteiger partial charge in [-0.25, -0.2) is 9.18 Å². The third-order valence-electron chi connectivity index (χ3n) is 3.67. The lowest BCUT2D eigenvalue weighted by Crippen LogP contribution is -2.39. The number of halogens is 1. The van der Waals surface area contributed by atoms with Crippen molar-refractivity contribution < 1.29 is 19.1 Å². The number of aliphatic carboxylic acids is 1. The zero-order chi connectivity index (χ0) is 17.5. The summed E-state index contributed by atoms with van der Waals surface area (Å²) in [5, 5.41) is 11.8. The quantitative estimate of drug-likeness (QED) is 0.675. The van der Waals surface area contributed by atoms with Crippen LogP contribution in [-0.2, 0) is 16.0 Å². The summed E-state index contributed by atoms with van der Waals surface area (Å²) in [6, 6.07) is 13.4. The monoisotopic (exact) mass is 347 g/mol. The van der Waals surface area contributed by atoms with Crippen molar-refractivity contribution in [2.75, 3.05) is 5.75 Å². The van der Waals surface area contributed by atoms with E-state index in [9.17, 15) is 19.1 Å². The van der Waals surface area contributed by atoms with E-state index in [1.807, 2.05) is 30.3 Å². The minimum Gasteiger partial charge on any atom is -0.479 e. The fourth-order valence-corrected chi connectivity index (χ4v) is 2.68. The van der Waals surface area contributed by atoms with Crippen molar-refractivity contribution in [1.82, 2.24) is 5.32 Å². The maximum Gasteiger partial charge on any atom is 0.331 e. The summed E-state index contributed by atoms with van der Waals surface area (Å²) in [5.74, 6) is -2.71. The van der Waals surface area contributed by atoms with Gasteiger partial charge in [-0.05, 0) is 18.1 Å². The summed E-state index contributed by atoms with van der Waals surface area (Å²) in [4.78, 5) is 23.9. The Morgan fingerprint density at radius 3 is 2.29 bits per heavy atom. The van der Waals surface area contributed by atoms with E-state index in [0.29, 0.717) is 6.42 Å². The van der Waals surface area contributed by atoms with Gasteiger partial charge in [0.2, 0.25) is 5.91 Å². The first-order valence-corrected chi connectivity index (χ1v) is 8.08. The van der Waals surface area contributed by atoms with E-state index in [1.165, 1.54) is 18.2 Å². The maximum absolute atomic E-state index is 13.9. The molecule has 24 heavy (non-hydrogen) atoms. The fraction of sp³-hybridized carbons (Fsp3) is 0.222. The van der Waals surface area contributed by atoms with Crippen LogP contribution in [0.1, 0.15) is 17.2 Å². The molecule has 0 aliphatic heterocycles. The van der Waals surface area contributed by atoms with Crippen LogP contribution in [0.3, 0.4) is 0 Å². The zero-order valence-electron chi connectivity index (χ0n) is 12.9. The Hall–Kier alpha value is -2.34. The number of benzene rings is 2. The van der Waals surface area contributed by atoms with Crippen molar-refractivity contribution in [3.05, 3.63) is 71.5 Å². The lowest BCUT2D eigenvalue weighted by Gasteiger charge is -2.20. The molecule has 0 radical (unpaired) electrons. The van der Waals surface area contributed by atoms with Gasteiger partial charge in [-0.3, -0.25) is 4.79 Å². The molecular weight excluding hydrogens is 329 g/mol. The number of hydrogen-bond donors (Lipinski definition) is 3. The molecular formula is C18H18FNO3S. The van der Waals surface area contributed by atoms with Gasteiger partial charge in [0.05, 0.1) is 5.92 Å². The molecule has 0 fully saturated rings. The topological polar surface area (TPSA) is 66.4 Å². The van der Waals surface area contributed by atoms with Crippen LogP contribution in [0.25, 0.3) is 0 Å². The Morgan fingerprint density at radius 2 is 1.71 bits per heavy atom. The van der Waals surface area contributed by atoms with Crippen molar-refractivity contribution in [3.63, 3.8) is 0 Å². The van der Waals surface area contributed by atoms with Crippen molar-refractivity contribution in [3.8, 4) is 0 Å². The van der Waals surface area contributed by atoms with E-state index < -0.39 is 29.7 Å². The van der Waals surface area contributed by atoms with E-state index in [4.69, 9.17) is 0 Å². The Kier molecular flexibility index (Phi) is 6.37. The largest absolute Gasteiger partial charge is 0.479 e. The van der Waals surface area contributed by atoms with Gasteiger partial charge in [0.15, 0.2) is 6.04 Å². The number of carbonyl (C=O) groups excluding carboxylic acids is 1. The van der Waals surface area contributed by atoms with Crippen LogP contribution in [0.4, 0.5) is 4.39 Å². The first-order valence-electron chi connectivity index (χ1n) is 7.45. The van der Waals surface area contributed by atoms with Crippen LogP contribution in [0, 0.1) is 11.7 Å². The normalized spacial score (nSPS) is 13.1. The molecule has 2 rings (SSSR count). The molecule has 0 aliphatic carbocycles. The van der Waals surface area contributed by atoms with Crippen LogP contribution in [0.2, 0.25) is 0 Å². The molecule has 1 amide bonds. The molecule has 2 atom stereocenters. The Morgan fingerprint density at radius 1 is 1.08 bits per heavy atom. The first kappa shape index (κ1) is 18.0. The molecule has 0 saturated carbocycles. The highest BCUT2D eigenvalue weighted by Gasteiger charge is 2.28. The summed E-state index contributed by atoms with van der Waals surface area (Å²) in [6.45, 7) is 0. The van der Waals surface area contributed by atoms with Crippen LogP contribution in [-0.4, -0.2) is 22.7 Å². The lowest BCUT2D eigenvalue weighted by molar-refractivity contribution is -0.142. The summed E-state index contributed by atoms with van der Waals surface area (Å²) in [7, 11) is 0. The van der Waals surface area contributed by atoms with Gasteiger partial charge in [0.1, 0.15) is 5.82 Å². The molecule has 2 N–H and O–H groups in total. The van der Waals surface area contributed by atoms with Gasteiger partial charge in [0, 0.05) is 11.3 Å². The van der Waals surface area contributed by atoms with Crippen molar-refractivity contribution in [2.24, 2.45) is 5.92 Å². The van der Waals surface area contributed by atoms with Crippen LogP contribution in [0.5, 0.6) is 0 Å². The van der Waals surface area contributed by atoms with E-state index in [0.717, 1.165) is 11.6 Å². The van der Waals surface area contributed by atoms with E-state index >= 15 is 0 Å². The van der Waals surface area contributed by atoms with Crippen molar-refractivity contribution in [2.45, 2.75) is 12.5 Å². The summed E-state index contributed by atoms with van der Waals surface area (Å²) in [6.07, 6.45) is 0.430. The average Bonchev–Trinajstić information content (AvgIpc) is 2.59. The lowest BCUT2D eigenvalue weighted by atomic mass is 9.99. The third kappa shape index (κ3) is 4.58. The third-order valence-corrected chi connectivity index (χ3v) is 4.11. The zero-order valence-corrected chi connectivity index (χ0v) is 13.7. The summed E-state index contributed by atoms with van der Waals surface area (Å²) >= 11 is 4.18. The molecule has 126 valence electrons. The number of thiol groups is 1. The molecule has 0 aliphatic rings. The van der Waals surface area contributed by atoms with Gasteiger partial charge < -0.3 is 10.4 Å². The van der Waals surface area contributed by atoms with E-state index in [2.05, 4.69) is 17.9 Å². The average molecular weight is 347 g/mol. The van der Waals surface area contributed by atoms with Gasteiger partial charge in [-0.2, -0.15) is 12.6 Å². The van der Waals surface area contributed by atoms with E-state index in [1.54, 1.807) is 0 Å². The van der Waals surface area contributed by atoms with Crippen molar-refractivity contribution >= 4 is 24.5 Å². The molecule has 0 aromatic heterocycles. The Labute approximate surface area is 145 Å². The van der Waals surface area contributed by atoms with Crippen LogP contribution in [0.15, 0.2) is 54.6 Å². The molecule has 0 saturated heterocycles. The van der Waals surface area contributed by atoms with E-state index in [-0.39, 0.29) is 11.3 Å². The minimum absolute atomic E-state index is 0.0732. The Balaban J connectivity index is 2.14. The number of nitrogens with one attached hydrogen (secondary N) is 1. The van der Waals surface area contributed by atoms with Gasteiger partial charge >= 0.3 is 5.97 Å². The number of rotatable bonds is 7. The van der Waals surface area contributed by atoms with Gasteiger partial charge in [-0.15, -0.1) is 0 Å². The standard InChI is InChI=1S/C18H18FNO3S/c19-15-9-5-4-8-14(15)16(18(22)23)20-17(21)13(11-24)10-12-6-2-1-3-7-12/h1-9,13,16,24H,10-11H2,(H,20,21)(H,22,23). The second kappa shape index (κ2) is 8.49. The highest BCUT2D eigenvalue weighted by Crippen LogP contribution is 2.19. The molecule has 0 spiro atoms. The highest BCUT2D eigenvalue weighted by molar-refractivity contribution is 7.80. The minimum atomic E-state index is -1.43. The van der Waals surface area contributed by atoms with Crippen LogP contribution < -0.4 is 5.32 Å². The molecule has 6 heteroatoms. The van der Waals surface area contributed by atoms with Gasteiger partial charge in [-0.1, -0.05) is 48.5 Å². The number of carbonyl (C=O) groups is 2. The first-order chi connectivity index (χ1) is 11.5. The van der Waals surface area contributed by atoms with Crippen LogP contribution >= 0.6 is 12.6 Å². The second-order valence-electron chi connectivity index (χ2n) is 5.37. The molecule has 2 aromatic rings. The molecule has 0 heterocycles. The predicted molar refractivity (Wildman–Crippen MR) is 92.4 cm³/mol. The maximum atomic E-state index is 13.9. The molecule has 0 bridgehead atoms. The summed E-state index contributed by atoms with van der Waals surface area (Å²) < 4.78 is 13.9. The number of amides is 1. The van der Waals surface area contributed by atoms with Crippen molar-refractivity contribution in [1.29, 1.82) is 0 Å². The molecule has 2 unspecified atom stereocenters.